The lowest BCUT2D eigenvalue weighted by Gasteiger charge is -2.01. The minimum absolute atomic E-state index is 0.594. The number of nitrogens with two attached hydrogens (primary N) is 1. The zero-order chi connectivity index (χ0) is 10.7. The van der Waals surface area contributed by atoms with Crippen LogP contribution in [0.15, 0.2) is 17.5 Å². The summed E-state index contributed by atoms with van der Waals surface area (Å²) in [4.78, 5) is 1.36. The van der Waals surface area contributed by atoms with Gasteiger partial charge >= 0.3 is 0 Å². The van der Waals surface area contributed by atoms with Crippen LogP contribution in [0.5, 0.6) is 0 Å². The second-order valence-corrected chi connectivity index (χ2v) is 4.25. The van der Waals surface area contributed by atoms with Gasteiger partial charge in [-0.25, -0.2) is 5.84 Å². The van der Waals surface area contributed by atoms with Crippen molar-refractivity contribution >= 4 is 17.3 Å². The van der Waals surface area contributed by atoms with Gasteiger partial charge in [0.2, 0.25) is 5.95 Å². The van der Waals surface area contributed by atoms with Crippen LogP contribution in [0.2, 0.25) is 0 Å². The average molecular weight is 223 g/mol. The first kappa shape index (κ1) is 10.1. The molecule has 0 amide bonds. The van der Waals surface area contributed by atoms with Gasteiger partial charge in [-0.3, -0.25) is 9.99 Å². The molecule has 0 unspecified atom stereocenters. The van der Waals surface area contributed by atoms with Crippen molar-refractivity contribution in [2.75, 3.05) is 5.43 Å². The van der Waals surface area contributed by atoms with Crippen LogP contribution >= 0.6 is 11.3 Å². The van der Waals surface area contributed by atoms with E-state index in [1.807, 2.05) is 11.6 Å². The van der Waals surface area contributed by atoms with Gasteiger partial charge in [0, 0.05) is 18.3 Å². The third-order valence-electron chi connectivity index (χ3n) is 2.27. The summed E-state index contributed by atoms with van der Waals surface area (Å²) < 4.78 is 1.87. The molecule has 0 aromatic carbocycles. The first-order chi connectivity index (χ1) is 7.31. The molecular weight excluding hydrogens is 210 g/mol. The van der Waals surface area contributed by atoms with Crippen LogP contribution in [0.4, 0.5) is 5.95 Å². The lowest BCUT2D eigenvalue weighted by atomic mass is 10.2. The molecule has 2 rings (SSSR count). The first-order valence-corrected chi connectivity index (χ1v) is 5.56. The van der Waals surface area contributed by atoms with Gasteiger partial charge in [0.1, 0.15) is 5.82 Å². The number of nitrogens with zero attached hydrogens (tertiary/aromatic N) is 3. The quantitative estimate of drug-likeness (QED) is 0.598. The van der Waals surface area contributed by atoms with Crippen LogP contribution < -0.4 is 11.3 Å². The molecular formula is C9H13N5S. The fraction of sp³-hybridized carbons (Fsp3) is 0.333. The summed E-state index contributed by atoms with van der Waals surface area (Å²) in [6, 6.07) is 4.19. The summed E-state index contributed by atoms with van der Waals surface area (Å²) in [6.45, 7) is 0. The molecule has 6 heteroatoms. The van der Waals surface area contributed by atoms with E-state index in [4.69, 9.17) is 5.84 Å². The number of hydrazine groups is 1. The van der Waals surface area contributed by atoms with Crippen LogP contribution in [-0.4, -0.2) is 14.8 Å². The fourth-order valence-corrected chi connectivity index (χ4v) is 2.10. The van der Waals surface area contributed by atoms with Gasteiger partial charge in [-0.05, 0) is 17.9 Å². The minimum Gasteiger partial charge on any atom is -0.300 e. The Morgan fingerprint density at radius 1 is 1.47 bits per heavy atom. The number of thiophene rings is 1. The number of nitrogen functional groups attached to an aromatic ring is 1. The third kappa shape index (κ3) is 2.16. The van der Waals surface area contributed by atoms with E-state index in [1.54, 1.807) is 11.3 Å². The highest BCUT2D eigenvalue weighted by atomic mass is 32.1. The highest BCUT2D eigenvalue weighted by Crippen LogP contribution is 2.12. The fourth-order valence-electron chi connectivity index (χ4n) is 1.39. The summed E-state index contributed by atoms with van der Waals surface area (Å²) in [7, 11) is 1.90. The molecule has 0 aliphatic rings. The maximum atomic E-state index is 5.28. The van der Waals surface area contributed by atoms with Gasteiger partial charge in [-0.15, -0.1) is 21.5 Å². The molecule has 0 spiro atoms. The summed E-state index contributed by atoms with van der Waals surface area (Å²) >= 11 is 1.76. The van der Waals surface area contributed by atoms with Crippen LogP contribution in [0, 0.1) is 0 Å². The minimum atomic E-state index is 0.594. The van der Waals surface area contributed by atoms with E-state index in [0.717, 1.165) is 18.7 Å². The normalized spacial score (nSPS) is 10.5. The highest BCUT2D eigenvalue weighted by molar-refractivity contribution is 7.09. The van der Waals surface area contributed by atoms with Gasteiger partial charge in [0.25, 0.3) is 0 Å². The Morgan fingerprint density at radius 2 is 2.33 bits per heavy atom. The molecule has 0 saturated carbocycles. The summed E-state index contributed by atoms with van der Waals surface area (Å²) in [5.74, 6) is 6.82. The van der Waals surface area contributed by atoms with E-state index in [9.17, 15) is 0 Å². The number of aryl methyl sites for hydroxylation is 2. The van der Waals surface area contributed by atoms with Crippen molar-refractivity contribution in [2.45, 2.75) is 12.8 Å². The smallest absolute Gasteiger partial charge is 0.238 e. The summed E-state index contributed by atoms with van der Waals surface area (Å²) in [5.41, 5.74) is 2.50. The van der Waals surface area contributed by atoms with Gasteiger partial charge < -0.3 is 0 Å². The van der Waals surface area contributed by atoms with Crippen molar-refractivity contribution in [3.05, 3.63) is 28.2 Å². The first-order valence-electron chi connectivity index (χ1n) is 4.68. The van der Waals surface area contributed by atoms with Crippen molar-refractivity contribution in [1.82, 2.24) is 14.8 Å². The van der Waals surface area contributed by atoms with E-state index in [2.05, 4.69) is 33.1 Å². The van der Waals surface area contributed by atoms with Crippen LogP contribution in [0.3, 0.4) is 0 Å². The highest BCUT2D eigenvalue weighted by Gasteiger charge is 2.07. The van der Waals surface area contributed by atoms with Gasteiger partial charge in [-0.1, -0.05) is 6.07 Å². The van der Waals surface area contributed by atoms with E-state index in [0.29, 0.717) is 5.95 Å². The molecule has 0 aliphatic heterocycles. The Balaban J connectivity index is 2.02. The second kappa shape index (κ2) is 4.41. The summed E-state index contributed by atoms with van der Waals surface area (Å²) in [6.07, 6.45) is 1.87. The Bertz CT molecular complexity index is 420. The summed E-state index contributed by atoms with van der Waals surface area (Å²) in [5, 5.41) is 10.1. The van der Waals surface area contributed by atoms with Crippen molar-refractivity contribution in [3.8, 4) is 0 Å². The Hall–Kier alpha value is -1.40. The van der Waals surface area contributed by atoms with E-state index in [-0.39, 0.29) is 0 Å². The molecule has 0 aliphatic carbocycles. The monoisotopic (exact) mass is 223 g/mol. The number of rotatable bonds is 4. The number of hydrogen-bond donors (Lipinski definition) is 2. The molecule has 5 nitrogen and oxygen atoms in total. The van der Waals surface area contributed by atoms with Crippen LogP contribution in [-0.2, 0) is 19.9 Å². The van der Waals surface area contributed by atoms with Crippen molar-refractivity contribution in [2.24, 2.45) is 12.9 Å². The molecule has 80 valence electrons. The second-order valence-electron chi connectivity index (χ2n) is 3.22. The maximum Gasteiger partial charge on any atom is 0.238 e. The van der Waals surface area contributed by atoms with Crippen LogP contribution in [0.1, 0.15) is 10.7 Å². The van der Waals surface area contributed by atoms with E-state index < -0.39 is 0 Å². The number of aromatic nitrogens is 3. The maximum absolute atomic E-state index is 5.28. The predicted octanol–water partition coefficient (Wildman–Crippen LogP) is 0.947. The van der Waals surface area contributed by atoms with Gasteiger partial charge in [0.15, 0.2) is 0 Å². The Morgan fingerprint density at radius 3 is 2.93 bits per heavy atom. The molecule has 15 heavy (non-hydrogen) atoms. The zero-order valence-corrected chi connectivity index (χ0v) is 9.29. The zero-order valence-electron chi connectivity index (χ0n) is 8.47. The molecule has 2 aromatic rings. The van der Waals surface area contributed by atoms with Crippen molar-refractivity contribution in [1.29, 1.82) is 0 Å². The predicted molar refractivity (Wildman–Crippen MR) is 60.5 cm³/mol. The number of hydrogen-bond acceptors (Lipinski definition) is 5. The lowest BCUT2D eigenvalue weighted by Crippen LogP contribution is -2.12. The molecule has 3 N–H and O–H groups in total. The molecule has 2 heterocycles. The molecule has 0 fully saturated rings. The van der Waals surface area contributed by atoms with E-state index in [1.165, 1.54) is 4.88 Å². The van der Waals surface area contributed by atoms with Crippen molar-refractivity contribution in [3.63, 3.8) is 0 Å². The lowest BCUT2D eigenvalue weighted by molar-refractivity contribution is 0.776. The van der Waals surface area contributed by atoms with E-state index >= 15 is 0 Å². The molecule has 0 radical (unpaired) electrons. The number of anilines is 1. The average Bonchev–Trinajstić information content (AvgIpc) is 2.85. The van der Waals surface area contributed by atoms with Gasteiger partial charge in [0.05, 0.1) is 0 Å². The Labute approximate surface area is 91.9 Å². The third-order valence-corrected chi connectivity index (χ3v) is 3.21. The van der Waals surface area contributed by atoms with Crippen LogP contribution in [0.25, 0.3) is 0 Å². The largest absolute Gasteiger partial charge is 0.300 e. The Kier molecular flexibility index (Phi) is 2.98. The molecule has 0 atom stereocenters. The molecule has 2 aromatic heterocycles. The van der Waals surface area contributed by atoms with Crippen molar-refractivity contribution < 1.29 is 0 Å². The molecule has 0 saturated heterocycles. The standard InChI is InChI=1S/C9H13N5S/c1-14-8(12-13-9(14)11-10)5-4-7-3-2-6-15-7/h2-3,6H,4-5,10H2,1H3,(H,11,13). The SMILES string of the molecule is Cn1c(CCc2cccs2)nnc1NN. The van der Waals surface area contributed by atoms with Gasteiger partial charge in [-0.2, -0.15) is 0 Å². The molecule has 0 bridgehead atoms. The topological polar surface area (TPSA) is 68.8 Å². The number of nitrogens with one attached hydrogen (secondary N) is 1.